The maximum atomic E-state index is 11.9. The van der Waals surface area contributed by atoms with Crippen LogP contribution in [0.25, 0.3) is 0 Å². The van der Waals surface area contributed by atoms with E-state index in [9.17, 15) is 9.90 Å². The number of aliphatic hydroxyl groups is 1. The monoisotopic (exact) mass is 264 g/mol. The Balaban J connectivity index is 2.31. The van der Waals surface area contributed by atoms with Crippen LogP contribution in [0.4, 0.5) is 4.79 Å². The van der Waals surface area contributed by atoms with Crippen LogP contribution < -0.4 is 0 Å². The zero-order chi connectivity index (χ0) is 14.3. The molecule has 0 spiro atoms. The Kier molecular flexibility index (Phi) is 3.28. The highest BCUT2D eigenvalue weighted by Gasteiger charge is 2.60. The highest BCUT2D eigenvalue weighted by molar-refractivity contribution is 5.71. The molecule has 0 bridgehead atoms. The predicted molar refractivity (Wildman–Crippen MR) is 71.2 cm³/mol. The summed E-state index contributed by atoms with van der Waals surface area (Å²) >= 11 is 0. The molecule has 2 atom stereocenters. The van der Waals surface area contributed by atoms with E-state index in [1.54, 1.807) is 33.0 Å². The molecule has 5 nitrogen and oxygen atoms in total. The standard InChI is InChI=1S/C14H20N2O3/c1-13(10-11-8-6-5-7-9-11)14(2,18)16(15(3)4)12(17)19-13/h5-9,18H,10H2,1-4H3/t13-,14-/m1/s1. The van der Waals surface area contributed by atoms with Crippen molar-refractivity contribution in [2.75, 3.05) is 14.1 Å². The van der Waals surface area contributed by atoms with Gasteiger partial charge in [0.05, 0.1) is 0 Å². The minimum Gasteiger partial charge on any atom is -0.437 e. The zero-order valence-electron chi connectivity index (χ0n) is 11.8. The van der Waals surface area contributed by atoms with Gasteiger partial charge >= 0.3 is 6.09 Å². The maximum Gasteiger partial charge on any atom is 0.427 e. The number of cyclic esters (lactones) is 1. The fourth-order valence-electron chi connectivity index (χ4n) is 2.48. The number of amides is 1. The normalized spacial score (nSPS) is 30.8. The molecular weight excluding hydrogens is 244 g/mol. The number of hydrogen-bond donors (Lipinski definition) is 1. The maximum absolute atomic E-state index is 11.9. The summed E-state index contributed by atoms with van der Waals surface area (Å²) in [6, 6.07) is 9.68. The molecule has 5 heteroatoms. The highest BCUT2D eigenvalue weighted by atomic mass is 16.6. The molecule has 0 radical (unpaired) electrons. The molecule has 1 aromatic rings. The zero-order valence-corrected chi connectivity index (χ0v) is 11.8. The summed E-state index contributed by atoms with van der Waals surface area (Å²) in [6.45, 7) is 3.35. The minimum absolute atomic E-state index is 0.455. The van der Waals surface area contributed by atoms with Crippen molar-refractivity contribution in [3.63, 3.8) is 0 Å². The molecule has 1 aromatic carbocycles. The average Bonchev–Trinajstić information content (AvgIpc) is 2.45. The van der Waals surface area contributed by atoms with Crippen LogP contribution in [0.1, 0.15) is 19.4 Å². The second-order valence-electron chi connectivity index (χ2n) is 5.44. The number of benzene rings is 1. The fourth-order valence-corrected chi connectivity index (χ4v) is 2.48. The number of rotatable bonds is 3. The van der Waals surface area contributed by atoms with E-state index in [2.05, 4.69) is 0 Å². The van der Waals surface area contributed by atoms with E-state index in [-0.39, 0.29) is 0 Å². The fraction of sp³-hybridized carbons (Fsp3) is 0.500. The molecule has 1 N–H and O–H groups in total. The first-order valence-electron chi connectivity index (χ1n) is 6.25. The van der Waals surface area contributed by atoms with Crippen LogP contribution in [-0.2, 0) is 11.2 Å². The molecule has 1 aliphatic heterocycles. The van der Waals surface area contributed by atoms with Gasteiger partial charge < -0.3 is 9.84 Å². The first-order valence-corrected chi connectivity index (χ1v) is 6.25. The second-order valence-corrected chi connectivity index (χ2v) is 5.44. The van der Waals surface area contributed by atoms with Crippen LogP contribution in [0, 0.1) is 0 Å². The summed E-state index contributed by atoms with van der Waals surface area (Å²) in [5, 5.41) is 13.5. The van der Waals surface area contributed by atoms with Gasteiger partial charge in [0, 0.05) is 20.5 Å². The summed E-state index contributed by atoms with van der Waals surface area (Å²) < 4.78 is 5.44. The second kappa shape index (κ2) is 4.51. The van der Waals surface area contributed by atoms with Gasteiger partial charge in [0.15, 0.2) is 11.3 Å². The predicted octanol–water partition coefficient (Wildman–Crippen LogP) is 1.63. The molecular formula is C14H20N2O3. The lowest BCUT2D eigenvalue weighted by molar-refractivity contribution is -0.182. The third-order valence-corrected chi connectivity index (χ3v) is 3.68. The van der Waals surface area contributed by atoms with Crippen molar-refractivity contribution < 1.29 is 14.6 Å². The molecule has 0 aromatic heterocycles. The van der Waals surface area contributed by atoms with Crippen molar-refractivity contribution in [2.45, 2.75) is 31.6 Å². The van der Waals surface area contributed by atoms with E-state index in [1.807, 2.05) is 30.3 Å². The van der Waals surface area contributed by atoms with Gasteiger partial charge in [-0.15, -0.1) is 0 Å². The van der Waals surface area contributed by atoms with Gasteiger partial charge in [0.1, 0.15) is 0 Å². The summed E-state index contributed by atoms with van der Waals surface area (Å²) in [4.78, 5) is 11.9. The average molecular weight is 264 g/mol. The molecule has 1 saturated heterocycles. The quantitative estimate of drug-likeness (QED) is 0.901. The van der Waals surface area contributed by atoms with Crippen molar-refractivity contribution >= 4 is 6.09 Å². The Morgan fingerprint density at radius 1 is 1.26 bits per heavy atom. The van der Waals surface area contributed by atoms with Crippen LogP contribution in [0.2, 0.25) is 0 Å². The number of hydrazine groups is 1. The number of ether oxygens (including phenoxy) is 1. The van der Waals surface area contributed by atoms with Crippen LogP contribution in [0.15, 0.2) is 30.3 Å². The number of carbonyl (C=O) groups excluding carboxylic acids is 1. The smallest absolute Gasteiger partial charge is 0.427 e. The van der Waals surface area contributed by atoms with E-state index in [4.69, 9.17) is 4.74 Å². The Morgan fingerprint density at radius 2 is 1.84 bits per heavy atom. The van der Waals surface area contributed by atoms with Crippen molar-refractivity contribution in [2.24, 2.45) is 0 Å². The lowest BCUT2D eigenvalue weighted by Crippen LogP contribution is -2.59. The molecule has 0 unspecified atom stereocenters. The third-order valence-electron chi connectivity index (χ3n) is 3.68. The summed E-state index contributed by atoms with van der Waals surface area (Å²) in [5.41, 5.74) is -1.38. The molecule has 1 heterocycles. The SMILES string of the molecule is CN(C)N1C(=O)O[C@](C)(Cc2ccccc2)[C@@]1(C)O. The van der Waals surface area contributed by atoms with Gasteiger partial charge in [0.25, 0.3) is 0 Å². The van der Waals surface area contributed by atoms with E-state index in [0.717, 1.165) is 5.56 Å². The van der Waals surface area contributed by atoms with E-state index >= 15 is 0 Å². The van der Waals surface area contributed by atoms with Gasteiger partial charge in [-0.25, -0.2) is 14.8 Å². The van der Waals surface area contributed by atoms with E-state index in [1.165, 1.54) is 5.01 Å². The molecule has 1 fully saturated rings. The first-order chi connectivity index (χ1) is 8.78. The van der Waals surface area contributed by atoms with Gasteiger partial charge in [-0.1, -0.05) is 30.3 Å². The topological polar surface area (TPSA) is 53.0 Å². The summed E-state index contributed by atoms with van der Waals surface area (Å²) in [6.07, 6.45) is -0.0786. The van der Waals surface area contributed by atoms with Gasteiger partial charge in [-0.2, -0.15) is 0 Å². The third kappa shape index (κ3) is 2.19. The lowest BCUT2D eigenvalue weighted by atomic mass is 9.87. The molecule has 0 saturated carbocycles. The molecule has 104 valence electrons. The number of hydrogen-bond acceptors (Lipinski definition) is 4. The number of nitrogens with zero attached hydrogens (tertiary/aromatic N) is 2. The van der Waals surface area contributed by atoms with Crippen LogP contribution in [0.5, 0.6) is 0 Å². The summed E-state index contributed by atoms with van der Waals surface area (Å²) in [7, 11) is 3.40. The van der Waals surface area contributed by atoms with Crippen LogP contribution in [0.3, 0.4) is 0 Å². The number of carbonyl (C=O) groups is 1. The van der Waals surface area contributed by atoms with E-state index < -0.39 is 17.4 Å². The Hall–Kier alpha value is -1.59. The molecule has 2 rings (SSSR count). The van der Waals surface area contributed by atoms with Gasteiger partial charge in [0.2, 0.25) is 0 Å². The Morgan fingerprint density at radius 3 is 2.32 bits per heavy atom. The lowest BCUT2D eigenvalue weighted by Gasteiger charge is -2.39. The van der Waals surface area contributed by atoms with Crippen molar-refractivity contribution in [1.82, 2.24) is 10.0 Å². The minimum atomic E-state index is -1.40. The summed E-state index contributed by atoms with van der Waals surface area (Å²) in [5.74, 6) is 0. The molecule has 0 aliphatic carbocycles. The van der Waals surface area contributed by atoms with Crippen molar-refractivity contribution in [3.8, 4) is 0 Å². The van der Waals surface area contributed by atoms with Gasteiger partial charge in [-0.3, -0.25) is 0 Å². The highest BCUT2D eigenvalue weighted by Crippen LogP contribution is 2.40. The Bertz CT molecular complexity index is 473. The van der Waals surface area contributed by atoms with Gasteiger partial charge in [-0.05, 0) is 19.4 Å². The Labute approximate surface area is 113 Å². The largest absolute Gasteiger partial charge is 0.437 e. The van der Waals surface area contributed by atoms with Crippen LogP contribution >= 0.6 is 0 Å². The van der Waals surface area contributed by atoms with Crippen molar-refractivity contribution in [1.29, 1.82) is 0 Å². The molecule has 1 amide bonds. The van der Waals surface area contributed by atoms with Crippen molar-refractivity contribution in [3.05, 3.63) is 35.9 Å². The van der Waals surface area contributed by atoms with E-state index in [0.29, 0.717) is 6.42 Å². The molecule has 19 heavy (non-hydrogen) atoms. The first kappa shape index (κ1) is 13.8. The van der Waals surface area contributed by atoms with Crippen LogP contribution in [-0.4, -0.2) is 46.6 Å². The molecule has 1 aliphatic rings.